The predicted octanol–water partition coefficient (Wildman–Crippen LogP) is 2.71. The summed E-state index contributed by atoms with van der Waals surface area (Å²) >= 11 is 0. The van der Waals surface area contributed by atoms with Crippen molar-refractivity contribution in [2.45, 2.75) is 38.2 Å². The van der Waals surface area contributed by atoms with Gasteiger partial charge in [0.15, 0.2) is 0 Å². The summed E-state index contributed by atoms with van der Waals surface area (Å²) in [6, 6.07) is 8.05. The fourth-order valence-corrected chi connectivity index (χ4v) is 2.27. The lowest BCUT2D eigenvalue weighted by atomic mass is 9.86. The number of hydrogen-bond donors (Lipinski definition) is 1. The molecule has 0 aliphatic carbocycles. The van der Waals surface area contributed by atoms with E-state index in [2.05, 4.69) is 13.0 Å². The molecule has 1 N–H and O–H groups in total. The first-order chi connectivity index (χ1) is 7.33. The number of aliphatic hydroxyl groups is 1. The van der Waals surface area contributed by atoms with Crippen LogP contribution in [0.4, 0.5) is 0 Å². The molecule has 2 atom stereocenters. The summed E-state index contributed by atoms with van der Waals surface area (Å²) in [5, 5.41) is 10.1. The van der Waals surface area contributed by atoms with Crippen LogP contribution in [0.5, 0.6) is 5.75 Å². The molecule has 0 saturated heterocycles. The fourth-order valence-electron chi connectivity index (χ4n) is 2.27. The standard InChI is InChI=1S/C13H18O2/c1-2-5-12(14)10-8-9-15-13-7-4-3-6-11(10)13/h3-4,6-7,10,12,14H,2,5,8-9H2,1H3. The minimum Gasteiger partial charge on any atom is -0.493 e. The molecule has 0 aromatic heterocycles. The van der Waals surface area contributed by atoms with Crippen molar-refractivity contribution in [3.63, 3.8) is 0 Å². The third kappa shape index (κ3) is 2.15. The van der Waals surface area contributed by atoms with E-state index in [9.17, 15) is 5.11 Å². The van der Waals surface area contributed by atoms with Gasteiger partial charge in [0.25, 0.3) is 0 Å². The highest BCUT2D eigenvalue weighted by molar-refractivity contribution is 5.38. The van der Waals surface area contributed by atoms with Gasteiger partial charge in [0.05, 0.1) is 12.7 Å². The topological polar surface area (TPSA) is 29.5 Å². The molecule has 0 fully saturated rings. The second-order valence-corrected chi connectivity index (χ2v) is 4.14. The predicted molar refractivity (Wildman–Crippen MR) is 60.2 cm³/mol. The minimum absolute atomic E-state index is 0.222. The summed E-state index contributed by atoms with van der Waals surface area (Å²) in [4.78, 5) is 0. The molecule has 1 heterocycles. The number of para-hydroxylation sites is 1. The Morgan fingerprint density at radius 1 is 1.47 bits per heavy atom. The Labute approximate surface area is 90.9 Å². The van der Waals surface area contributed by atoms with Gasteiger partial charge in [-0.05, 0) is 24.5 Å². The van der Waals surface area contributed by atoms with E-state index < -0.39 is 0 Å². The zero-order valence-corrected chi connectivity index (χ0v) is 9.15. The van der Waals surface area contributed by atoms with Gasteiger partial charge in [-0.15, -0.1) is 0 Å². The van der Waals surface area contributed by atoms with Gasteiger partial charge in [-0.2, -0.15) is 0 Å². The van der Waals surface area contributed by atoms with Crippen LogP contribution in [0, 0.1) is 0 Å². The maximum absolute atomic E-state index is 10.1. The summed E-state index contributed by atoms with van der Waals surface area (Å²) in [7, 11) is 0. The van der Waals surface area contributed by atoms with E-state index >= 15 is 0 Å². The first-order valence-electron chi connectivity index (χ1n) is 5.72. The van der Waals surface area contributed by atoms with E-state index in [1.165, 1.54) is 5.56 Å². The van der Waals surface area contributed by atoms with Crippen LogP contribution in [0.2, 0.25) is 0 Å². The largest absolute Gasteiger partial charge is 0.493 e. The van der Waals surface area contributed by atoms with Crippen molar-refractivity contribution < 1.29 is 9.84 Å². The van der Waals surface area contributed by atoms with E-state index in [0.717, 1.165) is 31.6 Å². The zero-order valence-electron chi connectivity index (χ0n) is 9.15. The van der Waals surface area contributed by atoms with Crippen molar-refractivity contribution in [3.05, 3.63) is 29.8 Å². The average molecular weight is 206 g/mol. The number of aliphatic hydroxyl groups excluding tert-OH is 1. The van der Waals surface area contributed by atoms with Crippen molar-refractivity contribution >= 4 is 0 Å². The molecule has 0 saturated carbocycles. The van der Waals surface area contributed by atoms with Gasteiger partial charge < -0.3 is 9.84 Å². The average Bonchev–Trinajstić information content (AvgIpc) is 2.28. The molecule has 1 aromatic rings. The van der Waals surface area contributed by atoms with Gasteiger partial charge in [-0.25, -0.2) is 0 Å². The maximum atomic E-state index is 10.1. The van der Waals surface area contributed by atoms with Crippen LogP contribution in [-0.4, -0.2) is 17.8 Å². The lowest BCUT2D eigenvalue weighted by Gasteiger charge is -2.29. The molecule has 82 valence electrons. The summed E-state index contributed by atoms with van der Waals surface area (Å²) in [6.07, 6.45) is 2.61. The Morgan fingerprint density at radius 3 is 3.07 bits per heavy atom. The van der Waals surface area contributed by atoms with Gasteiger partial charge in [0.2, 0.25) is 0 Å². The molecular weight excluding hydrogens is 188 g/mol. The summed E-state index contributed by atoms with van der Waals surface area (Å²) in [6.45, 7) is 2.83. The van der Waals surface area contributed by atoms with E-state index in [1.54, 1.807) is 0 Å². The molecule has 1 aliphatic rings. The van der Waals surface area contributed by atoms with Crippen LogP contribution in [0.15, 0.2) is 24.3 Å². The molecule has 0 bridgehead atoms. The molecular formula is C13H18O2. The molecule has 15 heavy (non-hydrogen) atoms. The SMILES string of the molecule is CCCC(O)C1CCOc2ccccc21. The normalized spacial score (nSPS) is 21.6. The maximum Gasteiger partial charge on any atom is 0.122 e. The minimum atomic E-state index is -0.222. The number of benzene rings is 1. The Kier molecular flexibility index (Phi) is 3.27. The highest BCUT2D eigenvalue weighted by atomic mass is 16.5. The summed E-state index contributed by atoms with van der Waals surface area (Å²) < 4.78 is 5.57. The Hall–Kier alpha value is -1.02. The molecule has 0 amide bonds. The second-order valence-electron chi connectivity index (χ2n) is 4.14. The molecule has 2 rings (SSSR count). The van der Waals surface area contributed by atoms with E-state index in [0.29, 0.717) is 0 Å². The molecule has 2 heteroatoms. The van der Waals surface area contributed by atoms with Gasteiger partial charge in [0, 0.05) is 5.92 Å². The third-order valence-electron chi connectivity index (χ3n) is 3.05. The smallest absolute Gasteiger partial charge is 0.122 e. The first-order valence-corrected chi connectivity index (χ1v) is 5.72. The monoisotopic (exact) mass is 206 g/mol. The molecule has 0 radical (unpaired) electrons. The number of rotatable bonds is 3. The number of hydrogen-bond acceptors (Lipinski definition) is 2. The van der Waals surface area contributed by atoms with E-state index in [-0.39, 0.29) is 12.0 Å². The van der Waals surface area contributed by atoms with E-state index in [4.69, 9.17) is 4.74 Å². The van der Waals surface area contributed by atoms with Crippen molar-refractivity contribution in [3.8, 4) is 5.75 Å². The van der Waals surface area contributed by atoms with E-state index in [1.807, 2.05) is 18.2 Å². The lowest BCUT2D eigenvalue weighted by Crippen LogP contribution is -2.24. The number of ether oxygens (including phenoxy) is 1. The molecule has 0 spiro atoms. The zero-order chi connectivity index (χ0) is 10.7. The number of fused-ring (bicyclic) bond motifs is 1. The first kappa shape index (κ1) is 10.5. The van der Waals surface area contributed by atoms with Gasteiger partial charge in [-0.1, -0.05) is 31.5 Å². The Balaban J connectivity index is 2.21. The highest BCUT2D eigenvalue weighted by Crippen LogP contribution is 2.36. The van der Waals surface area contributed by atoms with Crippen molar-refractivity contribution in [2.75, 3.05) is 6.61 Å². The lowest BCUT2D eigenvalue weighted by molar-refractivity contribution is 0.108. The van der Waals surface area contributed by atoms with Crippen molar-refractivity contribution in [1.29, 1.82) is 0 Å². The third-order valence-corrected chi connectivity index (χ3v) is 3.05. The molecule has 2 nitrogen and oxygen atoms in total. The Bertz CT molecular complexity index is 322. The van der Waals surface area contributed by atoms with Crippen LogP contribution >= 0.6 is 0 Å². The molecule has 2 unspecified atom stereocenters. The van der Waals surface area contributed by atoms with Gasteiger partial charge in [0.1, 0.15) is 5.75 Å². The highest BCUT2D eigenvalue weighted by Gasteiger charge is 2.26. The van der Waals surface area contributed by atoms with Crippen LogP contribution in [0.1, 0.15) is 37.7 Å². The van der Waals surface area contributed by atoms with Gasteiger partial charge >= 0.3 is 0 Å². The molecule has 1 aromatic carbocycles. The van der Waals surface area contributed by atoms with Crippen LogP contribution in [0.25, 0.3) is 0 Å². The van der Waals surface area contributed by atoms with Crippen LogP contribution in [0.3, 0.4) is 0 Å². The van der Waals surface area contributed by atoms with Crippen LogP contribution < -0.4 is 4.74 Å². The summed E-state index contributed by atoms with van der Waals surface area (Å²) in [5.41, 5.74) is 1.17. The van der Waals surface area contributed by atoms with Gasteiger partial charge in [-0.3, -0.25) is 0 Å². The molecule has 1 aliphatic heterocycles. The quantitative estimate of drug-likeness (QED) is 0.824. The summed E-state index contributed by atoms with van der Waals surface area (Å²) in [5.74, 6) is 1.21. The second kappa shape index (κ2) is 4.67. The van der Waals surface area contributed by atoms with Crippen LogP contribution in [-0.2, 0) is 0 Å². The van der Waals surface area contributed by atoms with Crippen molar-refractivity contribution in [2.24, 2.45) is 0 Å². The Morgan fingerprint density at radius 2 is 2.27 bits per heavy atom. The van der Waals surface area contributed by atoms with Crippen molar-refractivity contribution in [1.82, 2.24) is 0 Å². The fraction of sp³-hybridized carbons (Fsp3) is 0.538.